The van der Waals surface area contributed by atoms with Crippen LogP contribution in [0.25, 0.3) is 0 Å². The molecule has 0 spiro atoms. The van der Waals surface area contributed by atoms with Crippen molar-refractivity contribution in [3.05, 3.63) is 65.5 Å². The van der Waals surface area contributed by atoms with Crippen LogP contribution in [0, 0.1) is 5.82 Å². The first-order valence-corrected chi connectivity index (χ1v) is 6.23. The van der Waals surface area contributed by atoms with Crippen LogP contribution in [0.15, 0.2) is 58.7 Å². The van der Waals surface area contributed by atoms with Crippen LogP contribution in [0.1, 0.15) is 11.1 Å². The van der Waals surface area contributed by atoms with Crippen LogP contribution in [0.3, 0.4) is 0 Å². The van der Waals surface area contributed by atoms with Crippen molar-refractivity contribution in [1.82, 2.24) is 0 Å². The maximum atomic E-state index is 12.8. The summed E-state index contributed by atoms with van der Waals surface area (Å²) in [4.78, 5) is 0. The summed E-state index contributed by atoms with van der Waals surface area (Å²) in [5.74, 6) is 0.247. The van der Waals surface area contributed by atoms with Gasteiger partial charge in [-0.2, -0.15) is 5.10 Å². The monoisotopic (exact) mass is 286 g/mol. The highest BCUT2D eigenvalue weighted by molar-refractivity contribution is 5.81. The molecule has 6 heteroatoms. The lowest BCUT2D eigenvalue weighted by Gasteiger charge is -2.06. The maximum Gasteiger partial charge on any atom is 0.211 e. The van der Waals surface area contributed by atoms with Gasteiger partial charge in [-0.15, -0.1) is 5.10 Å². The van der Waals surface area contributed by atoms with Crippen molar-refractivity contribution in [3.8, 4) is 5.75 Å². The van der Waals surface area contributed by atoms with Gasteiger partial charge in [-0.25, -0.2) is 4.39 Å². The number of halogens is 1. The molecule has 4 N–H and O–H groups in total. The highest BCUT2D eigenvalue weighted by Gasteiger charge is 1.97. The number of nitrogens with zero attached hydrogens (tertiary/aromatic N) is 2. The van der Waals surface area contributed by atoms with E-state index in [2.05, 4.69) is 10.2 Å². The summed E-state index contributed by atoms with van der Waals surface area (Å²) in [5.41, 5.74) is 12.2. The molecule has 2 aromatic rings. The predicted molar refractivity (Wildman–Crippen MR) is 80.6 cm³/mol. The minimum atomic E-state index is -0.285. The molecular formula is C15H15FN4O. The Bertz CT molecular complexity index is 632. The van der Waals surface area contributed by atoms with Gasteiger partial charge in [0.1, 0.15) is 18.2 Å². The minimum Gasteiger partial charge on any atom is -0.489 e. The summed E-state index contributed by atoms with van der Waals surface area (Å²) in [5, 5.41) is 7.23. The van der Waals surface area contributed by atoms with Crippen LogP contribution in [-0.2, 0) is 6.61 Å². The Labute approximate surface area is 121 Å². The van der Waals surface area contributed by atoms with E-state index in [9.17, 15) is 4.39 Å². The van der Waals surface area contributed by atoms with Crippen molar-refractivity contribution in [2.24, 2.45) is 21.7 Å². The summed E-state index contributed by atoms with van der Waals surface area (Å²) in [6.45, 7) is 0.400. The van der Waals surface area contributed by atoms with E-state index in [0.717, 1.165) is 11.1 Å². The predicted octanol–water partition coefficient (Wildman–Crippen LogP) is 2.01. The van der Waals surface area contributed by atoms with Crippen LogP contribution in [0.5, 0.6) is 5.75 Å². The summed E-state index contributed by atoms with van der Waals surface area (Å²) in [7, 11) is 0. The molecule has 2 rings (SSSR count). The van der Waals surface area contributed by atoms with E-state index in [1.807, 2.05) is 24.3 Å². The second-order valence-corrected chi connectivity index (χ2v) is 4.25. The number of hydrogen-bond acceptors (Lipinski definition) is 3. The fourth-order valence-electron chi connectivity index (χ4n) is 1.56. The lowest BCUT2D eigenvalue weighted by atomic mass is 10.1. The van der Waals surface area contributed by atoms with Crippen LogP contribution in [0.2, 0.25) is 0 Å². The third-order valence-electron chi connectivity index (χ3n) is 2.58. The van der Waals surface area contributed by atoms with Crippen molar-refractivity contribution in [3.63, 3.8) is 0 Å². The number of guanidine groups is 1. The second-order valence-electron chi connectivity index (χ2n) is 4.25. The molecule has 0 aliphatic rings. The molecule has 0 saturated carbocycles. The van der Waals surface area contributed by atoms with Gasteiger partial charge in [-0.05, 0) is 35.4 Å². The highest BCUT2D eigenvalue weighted by Crippen LogP contribution is 2.13. The summed E-state index contributed by atoms with van der Waals surface area (Å²) >= 11 is 0. The number of ether oxygens (including phenoxy) is 1. The topological polar surface area (TPSA) is 86.0 Å². The van der Waals surface area contributed by atoms with Crippen molar-refractivity contribution >= 4 is 12.2 Å². The second kappa shape index (κ2) is 7.04. The third kappa shape index (κ3) is 4.94. The van der Waals surface area contributed by atoms with Gasteiger partial charge in [0.05, 0.1) is 6.21 Å². The lowest BCUT2D eigenvalue weighted by molar-refractivity contribution is 0.306. The Balaban J connectivity index is 1.91. The van der Waals surface area contributed by atoms with Gasteiger partial charge in [-0.3, -0.25) is 0 Å². The smallest absolute Gasteiger partial charge is 0.211 e. The van der Waals surface area contributed by atoms with Crippen LogP contribution in [0.4, 0.5) is 4.39 Å². The van der Waals surface area contributed by atoms with E-state index in [1.165, 1.54) is 12.1 Å². The first-order chi connectivity index (χ1) is 10.1. The summed E-state index contributed by atoms with van der Waals surface area (Å²) in [6, 6.07) is 13.4. The Hall–Kier alpha value is -2.89. The average Bonchev–Trinajstić information content (AvgIpc) is 2.48. The molecule has 0 aliphatic heterocycles. The third-order valence-corrected chi connectivity index (χ3v) is 2.58. The van der Waals surface area contributed by atoms with Gasteiger partial charge < -0.3 is 16.2 Å². The molecule has 0 heterocycles. The minimum absolute atomic E-state index is 0.0874. The number of hydrogen-bond donors (Lipinski definition) is 2. The molecule has 0 radical (unpaired) electrons. The van der Waals surface area contributed by atoms with Crippen molar-refractivity contribution in [2.75, 3.05) is 0 Å². The van der Waals surface area contributed by atoms with E-state index in [1.54, 1.807) is 18.3 Å². The van der Waals surface area contributed by atoms with Crippen LogP contribution in [-0.4, -0.2) is 12.2 Å². The molecule has 0 atom stereocenters. The van der Waals surface area contributed by atoms with Crippen LogP contribution < -0.4 is 16.2 Å². The normalized spacial score (nSPS) is 10.5. The number of rotatable bonds is 5. The van der Waals surface area contributed by atoms with E-state index in [-0.39, 0.29) is 11.8 Å². The molecule has 108 valence electrons. The average molecular weight is 286 g/mol. The Morgan fingerprint density at radius 2 is 1.71 bits per heavy atom. The standard InChI is InChI=1S/C15H15FN4O/c16-13-5-7-14(8-6-13)21-10-12-3-1-11(2-4-12)9-19-20-15(17)18/h1-9H,10H2,(H4,17,18,20). The molecule has 0 unspecified atom stereocenters. The molecule has 0 amide bonds. The zero-order chi connectivity index (χ0) is 15.1. The Morgan fingerprint density at radius 3 is 2.33 bits per heavy atom. The van der Waals surface area contributed by atoms with Gasteiger partial charge in [-0.1, -0.05) is 24.3 Å². The molecule has 21 heavy (non-hydrogen) atoms. The van der Waals surface area contributed by atoms with Gasteiger partial charge in [0.2, 0.25) is 5.96 Å². The summed E-state index contributed by atoms with van der Waals surface area (Å²) < 4.78 is 18.3. The largest absolute Gasteiger partial charge is 0.489 e. The zero-order valence-corrected chi connectivity index (χ0v) is 11.2. The fourth-order valence-corrected chi connectivity index (χ4v) is 1.56. The van der Waals surface area contributed by atoms with Gasteiger partial charge in [0, 0.05) is 0 Å². The molecule has 2 aromatic carbocycles. The van der Waals surface area contributed by atoms with Gasteiger partial charge in [0.15, 0.2) is 0 Å². The summed E-state index contributed by atoms with van der Waals surface area (Å²) in [6.07, 6.45) is 1.55. The van der Waals surface area contributed by atoms with Gasteiger partial charge in [0.25, 0.3) is 0 Å². The highest BCUT2D eigenvalue weighted by atomic mass is 19.1. The van der Waals surface area contributed by atoms with E-state index in [0.29, 0.717) is 12.4 Å². The molecule has 0 aromatic heterocycles. The molecule has 5 nitrogen and oxygen atoms in total. The zero-order valence-electron chi connectivity index (χ0n) is 11.2. The van der Waals surface area contributed by atoms with Crippen molar-refractivity contribution < 1.29 is 9.13 Å². The first-order valence-electron chi connectivity index (χ1n) is 6.23. The first kappa shape index (κ1) is 14.5. The SMILES string of the molecule is NC(N)=NN=Cc1ccc(COc2ccc(F)cc2)cc1. The van der Waals surface area contributed by atoms with Crippen LogP contribution >= 0.6 is 0 Å². The Morgan fingerprint density at radius 1 is 1.05 bits per heavy atom. The molecule has 0 fully saturated rings. The lowest BCUT2D eigenvalue weighted by Crippen LogP contribution is -2.21. The van der Waals surface area contributed by atoms with E-state index in [4.69, 9.17) is 16.2 Å². The van der Waals surface area contributed by atoms with E-state index >= 15 is 0 Å². The fraction of sp³-hybridized carbons (Fsp3) is 0.0667. The molecule has 0 aliphatic carbocycles. The van der Waals surface area contributed by atoms with E-state index < -0.39 is 0 Å². The molecule has 0 bridgehead atoms. The molecule has 0 saturated heterocycles. The van der Waals surface area contributed by atoms with Crippen molar-refractivity contribution in [1.29, 1.82) is 0 Å². The maximum absolute atomic E-state index is 12.8. The van der Waals surface area contributed by atoms with Gasteiger partial charge >= 0.3 is 0 Å². The quantitative estimate of drug-likeness (QED) is 0.501. The molecular weight excluding hydrogens is 271 g/mol. The number of benzene rings is 2. The van der Waals surface area contributed by atoms with Crippen molar-refractivity contribution in [2.45, 2.75) is 6.61 Å². The Kier molecular flexibility index (Phi) is 4.87. The number of nitrogens with two attached hydrogens (primary N) is 2.